The first-order chi connectivity index (χ1) is 7.63. The van der Waals surface area contributed by atoms with E-state index in [9.17, 15) is 0 Å². The molecule has 0 aromatic carbocycles. The van der Waals surface area contributed by atoms with Gasteiger partial charge in [-0.05, 0) is 52.0 Å². The molecule has 0 radical (unpaired) electrons. The van der Waals surface area contributed by atoms with Crippen LogP contribution in [0.15, 0.2) is 0 Å². The molecule has 0 amide bonds. The summed E-state index contributed by atoms with van der Waals surface area (Å²) in [6.07, 6.45) is 9.81. The van der Waals surface area contributed by atoms with Gasteiger partial charge in [0.2, 0.25) is 0 Å². The van der Waals surface area contributed by atoms with Crippen LogP contribution in [0.3, 0.4) is 0 Å². The van der Waals surface area contributed by atoms with Crippen LogP contribution < -0.4 is 5.73 Å². The van der Waals surface area contributed by atoms with Gasteiger partial charge in [0.1, 0.15) is 0 Å². The van der Waals surface area contributed by atoms with Crippen LogP contribution in [0.5, 0.6) is 0 Å². The van der Waals surface area contributed by atoms with Gasteiger partial charge >= 0.3 is 0 Å². The summed E-state index contributed by atoms with van der Waals surface area (Å²) in [4.78, 5) is 2.78. The Kier molecular flexibility index (Phi) is 3.91. The number of hydrogen-bond acceptors (Lipinski definition) is 2. The van der Waals surface area contributed by atoms with E-state index < -0.39 is 0 Å². The van der Waals surface area contributed by atoms with Gasteiger partial charge < -0.3 is 5.73 Å². The number of rotatable bonds is 2. The lowest BCUT2D eigenvalue weighted by Gasteiger charge is -2.50. The third-order valence-corrected chi connectivity index (χ3v) is 4.75. The first-order valence-corrected chi connectivity index (χ1v) is 7.10. The average Bonchev–Trinajstić information content (AvgIpc) is 2.30. The molecule has 1 atom stereocenters. The zero-order chi connectivity index (χ0) is 11.6. The molecule has 1 aliphatic heterocycles. The van der Waals surface area contributed by atoms with Crippen molar-refractivity contribution in [2.75, 3.05) is 13.1 Å². The molecule has 1 unspecified atom stereocenters. The van der Waals surface area contributed by atoms with Crippen LogP contribution in [0.1, 0.15) is 58.8 Å². The van der Waals surface area contributed by atoms with Crippen molar-refractivity contribution in [2.24, 2.45) is 11.7 Å². The monoisotopic (exact) mass is 224 g/mol. The summed E-state index contributed by atoms with van der Waals surface area (Å²) in [5, 5.41) is 0. The fourth-order valence-corrected chi connectivity index (χ4v) is 3.55. The van der Waals surface area contributed by atoms with E-state index in [4.69, 9.17) is 5.73 Å². The summed E-state index contributed by atoms with van der Waals surface area (Å²) in [6.45, 7) is 6.97. The molecule has 2 rings (SSSR count). The lowest BCUT2D eigenvalue weighted by molar-refractivity contribution is -0.00418. The van der Waals surface area contributed by atoms with Crippen molar-refractivity contribution in [3.63, 3.8) is 0 Å². The van der Waals surface area contributed by atoms with E-state index in [1.165, 1.54) is 51.5 Å². The number of nitrogens with zero attached hydrogens (tertiary/aromatic N) is 1. The normalized spacial score (nSPS) is 32.8. The first kappa shape index (κ1) is 12.4. The molecule has 0 aromatic rings. The van der Waals surface area contributed by atoms with Crippen molar-refractivity contribution in [3.8, 4) is 0 Å². The Balaban J connectivity index is 2.02. The summed E-state index contributed by atoms with van der Waals surface area (Å²) in [5.74, 6) is 0.745. The van der Waals surface area contributed by atoms with Gasteiger partial charge in [0.25, 0.3) is 0 Å². The van der Waals surface area contributed by atoms with Gasteiger partial charge in [0.05, 0.1) is 0 Å². The van der Waals surface area contributed by atoms with E-state index in [0.717, 1.165) is 18.5 Å². The molecule has 1 aliphatic carbocycles. The fourth-order valence-electron chi connectivity index (χ4n) is 3.55. The Hall–Kier alpha value is -0.0800. The van der Waals surface area contributed by atoms with Gasteiger partial charge in [-0.15, -0.1) is 0 Å². The highest BCUT2D eigenvalue weighted by molar-refractivity contribution is 4.93. The molecular formula is C14H28N2. The minimum atomic E-state index is 0.410. The average molecular weight is 224 g/mol. The van der Waals surface area contributed by atoms with Crippen molar-refractivity contribution in [1.82, 2.24) is 4.90 Å². The zero-order valence-corrected chi connectivity index (χ0v) is 11.0. The molecular weight excluding hydrogens is 196 g/mol. The van der Waals surface area contributed by atoms with Crippen LogP contribution >= 0.6 is 0 Å². The highest BCUT2D eigenvalue weighted by Gasteiger charge is 2.37. The van der Waals surface area contributed by atoms with E-state index in [0.29, 0.717) is 5.54 Å². The number of likely N-dealkylation sites (tertiary alicyclic amines) is 1. The number of piperidine rings is 1. The Morgan fingerprint density at radius 2 is 1.81 bits per heavy atom. The summed E-state index contributed by atoms with van der Waals surface area (Å²) in [5.41, 5.74) is 6.27. The molecule has 0 spiro atoms. The standard InChI is InChI=1S/C14H28N2/c1-14(2)9-8-12(10-15)11-16(14)13-6-4-3-5-7-13/h12-13H,3-11,15H2,1-2H3. The van der Waals surface area contributed by atoms with Gasteiger partial charge in [-0.3, -0.25) is 4.90 Å². The van der Waals surface area contributed by atoms with Gasteiger partial charge in [-0.25, -0.2) is 0 Å². The van der Waals surface area contributed by atoms with E-state index in [2.05, 4.69) is 18.7 Å². The minimum absolute atomic E-state index is 0.410. The van der Waals surface area contributed by atoms with Crippen molar-refractivity contribution in [1.29, 1.82) is 0 Å². The number of hydrogen-bond donors (Lipinski definition) is 1. The molecule has 2 aliphatic rings. The Bertz CT molecular complexity index is 219. The minimum Gasteiger partial charge on any atom is -0.330 e. The lowest BCUT2D eigenvalue weighted by atomic mass is 9.81. The summed E-state index contributed by atoms with van der Waals surface area (Å²) in [6, 6.07) is 0.845. The maximum absolute atomic E-state index is 5.86. The molecule has 0 bridgehead atoms. The lowest BCUT2D eigenvalue weighted by Crippen LogP contribution is -2.56. The molecule has 2 nitrogen and oxygen atoms in total. The molecule has 1 saturated heterocycles. The van der Waals surface area contributed by atoms with Gasteiger partial charge in [-0.1, -0.05) is 19.3 Å². The van der Waals surface area contributed by atoms with Gasteiger partial charge in [-0.2, -0.15) is 0 Å². The highest BCUT2D eigenvalue weighted by Crippen LogP contribution is 2.36. The Morgan fingerprint density at radius 1 is 1.12 bits per heavy atom. The Morgan fingerprint density at radius 3 is 2.44 bits per heavy atom. The molecule has 16 heavy (non-hydrogen) atoms. The molecule has 94 valence electrons. The summed E-state index contributed by atoms with van der Waals surface area (Å²) < 4.78 is 0. The predicted molar refractivity (Wildman–Crippen MR) is 69.4 cm³/mol. The van der Waals surface area contributed by atoms with E-state index in [1.807, 2.05) is 0 Å². The molecule has 2 fully saturated rings. The quantitative estimate of drug-likeness (QED) is 0.781. The topological polar surface area (TPSA) is 29.3 Å². The van der Waals surface area contributed by atoms with Crippen molar-refractivity contribution >= 4 is 0 Å². The van der Waals surface area contributed by atoms with Crippen LogP contribution in [-0.2, 0) is 0 Å². The molecule has 2 N–H and O–H groups in total. The largest absolute Gasteiger partial charge is 0.330 e. The van der Waals surface area contributed by atoms with Crippen LogP contribution in [-0.4, -0.2) is 29.6 Å². The zero-order valence-electron chi connectivity index (χ0n) is 11.0. The van der Waals surface area contributed by atoms with Crippen molar-refractivity contribution in [2.45, 2.75) is 70.4 Å². The molecule has 2 heteroatoms. The fraction of sp³-hybridized carbons (Fsp3) is 1.00. The highest BCUT2D eigenvalue weighted by atomic mass is 15.2. The van der Waals surface area contributed by atoms with Crippen molar-refractivity contribution in [3.05, 3.63) is 0 Å². The third-order valence-electron chi connectivity index (χ3n) is 4.75. The van der Waals surface area contributed by atoms with Gasteiger partial charge in [0, 0.05) is 18.1 Å². The smallest absolute Gasteiger partial charge is 0.0156 e. The van der Waals surface area contributed by atoms with Gasteiger partial charge in [0.15, 0.2) is 0 Å². The second kappa shape index (κ2) is 5.05. The summed E-state index contributed by atoms with van der Waals surface area (Å²) in [7, 11) is 0. The SMILES string of the molecule is CC1(C)CCC(CN)CN1C1CCCCC1. The molecule has 0 aromatic heterocycles. The first-order valence-electron chi connectivity index (χ1n) is 7.10. The van der Waals surface area contributed by atoms with E-state index in [1.54, 1.807) is 0 Å². The second-order valence-corrected chi connectivity index (χ2v) is 6.40. The second-order valence-electron chi connectivity index (χ2n) is 6.40. The molecule has 1 saturated carbocycles. The third kappa shape index (κ3) is 2.60. The van der Waals surface area contributed by atoms with Crippen molar-refractivity contribution < 1.29 is 0 Å². The maximum atomic E-state index is 5.86. The molecule has 1 heterocycles. The van der Waals surface area contributed by atoms with Crippen LogP contribution in [0.2, 0.25) is 0 Å². The van der Waals surface area contributed by atoms with E-state index >= 15 is 0 Å². The van der Waals surface area contributed by atoms with Crippen LogP contribution in [0.4, 0.5) is 0 Å². The van der Waals surface area contributed by atoms with Crippen LogP contribution in [0.25, 0.3) is 0 Å². The predicted octanol–water partition coefficient (Wildman–Crippen LogP) is 2.77. The number of nitrogens with two attached hydrogens (primary N) is 1. The maximum Gasteiger partial charge on any atom is 0.0156 e. The van der Waals surface area contributed by atoms with Crippen LogP contribution in [0, 0.1) is 5.92 Å². The summed E-state index contributed by atoms with van der Waals surface area (Å²) >= 11 is 0. The Labute approximate surface area is 101 Å². The van der Waals surface area contributed by atoms with E-state index in [-0.39, 0.29) is 0 Å².